The Morgan fingerprint density at radius 3 is 3.00 bits per heavy atom. The molecule has 4 heteroatoms. The van der Waals surface area contributed by atoms with Crippen molar-refractivity contribution in [2.24, 2.45) is 5.92 Å². The fourth-order valence-electron chi connectivity index (χ4n) is 2.59. The number of rotatable bonds is 6. The van der Waals surface area contributed by atoms with Gasteiger partial charge in [-0.15, -0.1) is 0 Å². The van der Waals surface area contributed by atoms with Crippen molar-refractivity contribution in [1.82, 2.24) is 15.2 Å². The van der Waals surface area contributed by atoms with E-state index in [1.54, 1.807) is 0 Å². The van der Waals surface area contributed by atoms with E-state index < -0.39 is 0 Å². The van der Waals surface area contributed by atoms with E-state index in [0.717, 1.165) is 38.5 Å². The first-order chi connectivity index (χ1) is 9.28. The van der Waals surface area contributed by atoms with Gasteiger partial charge in [-0.1, -0.05) is 6.07 Å². The zero-order valence-electron chi connectivity index (χ0n) is 12.1. The molecule has 0 saturated carbocycles. The molecule has 1 unspecified atom stereocenters. The van der Waals surface area contributed by atoms with Crippen molar-refractivity contribution >= 4 is 0 Å². The third-order valence-electron chi connectivity index (χ3n) is 3.52. The SMILES string of the molecule is CNCc1ccc(CN(C)CC2CCCOC2)nc1. The lowest BCUT2D eigenvalue weighted by Crippen LogP contribution is -2.30. The molecule has 1 atom stereocenters. The monoisotopic (exact) mass is 263 g/mol. The van der Waals surface area contributed by atoms with E-state index in [2.05, 4.69) is 34.4 Å². The molecule has 0 bridgehead atoms. The van der Waals surface area contributed by atoms with Crippen molar-refractivity contribution in [2.45, 2.75) is 25.9 Å². The molecule has 106 valence electrons. The lowest BCUT2D eigenvalue weighted by atomic mass is 10.0. The Morgan fingerprint density at radius 1 is 1.47 bits per heavy atom. The van der Waals surface area contributed by atoms with Crippen LogP contribution in [0.15, 0.2) is 18.3 Å². The van der Waals surface area contributed by atoms with E-state index in [4.69, 9.17) is 4.74 Å². The molecular weight excluding hydrogens is 238 g/mol. The number of pyridine rings is 1. The molecule has 1 fully saturated rings. The molecule has 1 aliphatic heterocycles. The molecule has 1 aliphatic rings. The highest BCUT2D eigenvalue weighted by molar-refractivity contribution is 5.13. The smallest absolute Gasteiger partial charge is 0.0544 e. The van der Waals surface area contributed by atoms with Crippen LogP contribution < -0.4 is 5.32 Å². The molecule has 2 heterocycles. The zero-order chi connectivity index (χ0) is 13.5. The van der Waals surface area contributed by atoms with Gasteiger partial charge in [0.15, 0.2) is 0 Å². The van der Waals surface area contributed by atoms with E-state index in [9.17, 15) is 0 Å². The summed E-state index contributed by atoms with van der Waals surface area (Å²) < 4.78 is 5.53. The van der Waals surface area contributed by atoms with Gasteiger partial charge in [-0.05, 0) is 44.5 Å². The lowest BCUT2D eigenvalue weighted by Gasteiger charge is -2.26. The Labute approximate surface area is 116 Å². The minimum atomic E-state index is 0.683. The highest BCUT2D eigenvalue weighted by Gasteiger charge is 2.16. The van der Waals surface area contributed by atoms with Gasteiger partial charge in [-0.2, -0.15) is 0 Å². The molecular formula is C15H25N3O. The van der Waals surface area contributed by atoms with Gasteiger partial charge in [-0.25, -0.2) is 0 Å². The van der Waals surface area contributed by atoms with Gasteiger partial charge in [-0.3, -0.25) is 4.98 Å². The molecule has 0 radical (unpaired) electrons. The zero-order valence-corrected chi connectivity index (χ0v) is 12.1. The first-order valence-electron chi connectivity index (χ1n) is 7.12. The molecule has 0 aliphatic carbocycles. The van der Waals surface area contributed by atoms with Crippen molar-refractivity contribution in [2.75, 3.05) is 33.9 Å². The Kier molecular flexibility index (Phi) is 5.76. The van der Waals surface area contributed by atoms with Gasteiger partial charge in [0, 0.05) is 32.4 Å². The van der Waals surface area contributed by atoms with Crippen molar-refractivity contribution in [1.29, 1.82) is 0 Å². The van der Waals surface area contributed by atoms with Gasteiger partial charge < -0.3 is 15.0 Å². The molecule has 1 aromatic heterocycles. The minimum Gasteiger partial charge on any atom is -0.381 e. The number of hydrogen-bond donors (Lipinski definition) is 1. The molecule has 1 saturated heterocycles. The van der Waals surface area contributed by atoms with Crippen LogP contribution in [-0.4, -0.2) is 43.7 Å². The molecule has 0 aromatic carbocycles. The Hall–Kier alpha value is -0.970. The van der Waals surface area contributed by atoms with E-state index in [1.165, 1.54) is 18.4 Å². The fraction of sp³-hybridized carbons (Fsp3) is 0.667. The second-order valence-electron chi connectivity index (χ2n) is 5.47. The van der Waals surface area contributed by atoms with E-state index in [-0.39, 0.29) is 0 Å². The van der Waals surface area contributed by atoms with Crippen LogP contribution in [0.4, 0.5) is 0 Å². The van der Waals surface area contributed by atoms with Crippen LogP contribution in [0, 0.1) is 5.92 Å². The highest BCUT2D eigenvalue weighted by atomic mass is 16.5. The number of hydrogen-bond acceptors (Lipinski definition) is 4. The fourth-order valence-corrected chi connectivity index (χ4v) is 2.59. The van der Waals surface area contributed by atoms with E-state index in [0.29, 0.717) is 5.92 Å². The molecule has 1 aromatic rings. The molecule has 0 spiro atoms. The summed E-state index contributed by atoms with van der Waals surface area (Å²) in [5.74, 6) is 0.683. The second-order valence-corrected chi connectivity index (χ2v) is 5.47. The normalized spacial score (nSPS) is 19.8. The summed E-state index contributed by atoms with van der Waals surface area (Å²) in [5.41, 5.74) is 2.37. The van der Waals surface area contributed by atoms with Crippen LogP contribution >= 0.6 is 0 Å². The third kappa shape index (κ3) is 4.90. The Morgan fingerprint density at radius 2 is 2.37 bits per heavy atom. The summed E-state index contributed by atoms with van der Waals surface area (Å²) in [5, 5.41) is 3.13. The maximum absolute atomic E-state index is 5.53. The summed E-state index contributed by atoms with van der Waals surface area (Å²) in [4.78, 5) is 6.86. The number of ether oxygens (including phenoxy) is 1. The molecule has 19 heavy (non-hydrogen) atoms. The predicted octanol–water partition coefficient (Wildman–Crippen LogP) is 1.66. The van der Waals surface area contributed by atoms with Crippen molar-refractivity contribution in [3.8, 4) is 0 Å². The maximum atomic E-state index is 5.53. The standard InChI is InChI=1S/C15H25N3O/c1-16-8-13-5-6-15(17-9-13)11-18(2)10-14-4-3-7-19-12-14/h5-6,9,14,16H,3-4,7-8,10-12H2,1-2H3. The Balaban J connectivity index is 1.78. The van der Waals surface area contributed by atoms with Crippen LogP contribution in [0.1, 0.15) is 24.1 Å². The highest BCUT2D eigenvalue weighted by Crippen LogP contribution is 2.15. The summed E-state index contributed by atoms with van der Waals surface area (Å²) in [6.45, 7) is 4.74. The van der Waals surface area contributed by atoms with Crippen LogP contribution in [-0.2, 0) is 17.8 Å². The average molecular weight is 263 g/mol. The van der Waals surface area contributed by atoms with Crippen LogP contribution in [0.2, 0.25) is 0 Å². The Bertz CT molecular complexity index is 360. The van der Waals surface area contributed by atoms with E-state index in [1.807, 2.05) is 13.2 Å². The molecule has 1 N–H and O–H groups in total. The van der Waals surface area contributed by atoms with Gasteiger partial charge in [0.25, 0.3) is 0 Å². The van der Waals surface area contributed by atoms with Gasteiger partial charge in [0.2, 0.25) is 0 Å². The first-order valence-corrected chi connectivity index (χ1v) is 7.12. The van der Waals surface area contributed by atoms with Crippen LogP contribution in [0.3, 0.4) is 0 Å². The van der Waals surface area contributed by atoms with Crippen LogP contribution in [0.25, 0.3) is 0 Å². The first kappa shape index (κ1) is 14.4. The predicted molar refractivity (Wildman–Crippen MR) is 76.9 cm³/mol. The maximum Gasteiger partial charge on any atom is 0.0544 e. The minimum absolute atomic E-state index is 0.683. The lowest BCUT2D eigenvalue weighted by molar-refractivity contribution is 0.0410. The number of nitrogens with one attached hydrogen (secondary N) is 1. The molecule has 0 amide bonds. The summed E-state index contributed by atoms with van der Waals surface area (Å²) >= 11 is 0. The molecule has 2 rings (SSSR count). The van der Waals surface area contributed by atoms with Gasteiger partial charge >= 0.3 is 0 Å². The van der Waals surface area contributed by atoms with E-state index >= 15 is 0 Å². The van der Waals surface area contributed by atoms with Crippen molar-refractivity contribution < 1.29 is 4.74 Å². The molecule has 4 nitrogen and oxygen atoms in total. The largest absolute Gasteiger partial charge is 0.381 e. The van der Waals surface area contributed by atoms with Gasteiger partial charge in [0.05, 0.1) is 12.3 Å². The topological polar surface area (TPSA) is 37.4 Å². The van der Waals surface area contributed by atoms with Crippen LogP contribution in [0.5, 0.6) is 0 Å². The third-order valence-corrected chi connectivity index (χ3v) is 3.52. The number of aromatic nitrogens is 1. The summed E-state index contributed by atoms with van der Waals surface area (Å²) in [6, 6.07) is 4.27. The average Bonchev–Trinajstić information content (AvgIpc) is 2.42. The van der Waals surface area contributed by atoms with Crippen molar-refractivity contribution in [3.05, 3.63) is 29.6 Å². The number of nitrogens with zero attached hydrogens (tertiary/aromatic N) is 2. The second kappa shape index (κ2) is 7.58. The quantitative estimate of drug-likeness (QED) is 0.847. The van der Waals surface area contributed by atoms with Crippen molar-refractivity contribution in [3.63, 3.8) is 0 Å². The summed E-state index contributed by atoms with van der Waals surface area (Å²) in [6.07, 6.45) is 4.46. The van der Waals surface area contributed by atoms with Gasteiger partial charge in [0.1, 0.15) is 0 Å². The summed E-state index contributed by atoms with van der Waals surface area (Å²) in [7, 11) is 4.12.